The second-order valence-electron chi connectivity index (χ2n) is 3.63. The maximum absolute atomic E-state index is 13.3. The fourth-order valence-electron chi connectivity index (χ4n) is 1.46. The molecule has 0 bridgehead atoms. The third-order valence-electron chi connectivity index (χ3n) is 2.31. The molecule has 0 unspecified atom stereocenters. The summed E-state index contributed by atoms with van der Waals surface area (Å²) >= 11 is 0. The van der Waals surface area contributed by atoms with Gasteiger partial charge in [-0.25, -0.2) is 22.9 Å². The summed E-state index contributed by atoms with van der Waals surface area (Å²) in [6, 6.07) is 0.753. The molecule has 0 spiro atoms. The number of imidazole rings is 1. The van der Waals surface area contributed by atoms with E-state index in [1.165, 1.54) is 0 Å². The van der Waals surface area contributed by atoms with Crippen LogP contribution >= 0.6 is 0 Å². The van der Waals surface area contributed by atoms with Gasteiger partial charge in [0, 0.05) is 12.1 Å². The third-order valence-corrected chi connectivity index (χ3v) is 2.31. The van der Waals surface area contributed by atoms with Crippen LogP contribution in [0.4, 0.5) is 18.9 Å². The molecule has 0 saturated heterocycles. The van der Waals surface area contributed by atoms with Crippen LogP contribution in [0, 0.1) is 17.5 Å². The Hall–Kier alpha value is -2.84. The molecule has 2 rings (SSSR count). The number of amides is 1. The van der Waals surface area contributed by atoms with E-state index in [4.69, 9.17) is 5.11 Å². The summed E-state index contributed by atoms with van der Waals surface area (Å²) in [5.41, 5.74) is -1.98. The molecule has 2 aromatic rings. The lowest BCUT2D eigenvalue weighted by Crippen LogP contribution is -2.18. The Morgan fingerprint density at radius 3 is 2.35 bits per heavy atom. The van der Waals surface area contributed by atoms with E-state index in [2.05, 4.69) is 9.97 Å². The number of aromatic nitrogens is 2. The number of carbonyl (C=O) groups is 2. The average molecular weight is 285 g/mol. The van der Waals surface area contributed by atoms with Gasteiger partial charge in [-0.15, -0.1) is 0 Å². The smallest absolute Gasteiger partial charge is 0.354 e. The van der Waals surface area contributed by atoms with Crippen LogP contribution in [0.5, 0.6) is 0 Å². The highest BCUT2D eigenvalue weighted by atomic mass is 19.1. The Bertz CT molecular complexity index is 676. The van der Waals surface area contributed by atoms with Gasteiger partial charge in [-0.3, -0.25) is 4.79 Å². The second-order valence-corrected chi connectivity index (χ2v) is 3.63. The third kappa shape index (κ3) is 2.46. The first-order valence-corrected chi connectivity index (χ1v) is 5.12. The van der Waals surface area contributed by atoms with Crippen molar-refractivity contribution in [3.05, 3.63) is 47.3 Å². The average Bonchev–Trinajstić information content (AvgIpc) is 2.82. The molecule has 9 heteroatoms. The van der Waals surface area contributed by atoms with E-state index in [1.54, 1.807) is 5.32 Å². The number of carboxylic acids is 1. The maximum Gasteiger partial charge on any atom is 0.354 e. The van der Waals surface area contributed by atoms with Crippen LogP contribution < -0.4 is 5.32 Å². The van der Waals surface area contributed by atoms with Crippen molar-refractivity contribution in [3.8, 4) is 0 Å². The van der Waals surface area contributed by atoms with Crippen molar-refractivity contribution < 1.29 is 27.9 Å². The fraction of sp³-hybridized carbons (Fsp3) is 0. The summed E-state index contributed by atoms with van der Waals surface area (Å²) in [6.45, 7) is 0. The van der Waals surface area contributed by atoms with Gasteiger partial charge in [-0.2, -0.15) is 0 Å². The largest absolute Gasteiger partial charge is 0.477 e. The highest BCUT2D eigenvalue weighted by Gasteiger charge is 2.22. The van der Waals surface area contributed by atoms with Gasteiger partial charge in [0.15, 0.2) is 23.0 Å². The van der Waals surface area contributed by atoms with Crippen LogP contribution in [0.25, 0.3) is 0 Å². The molecular formula is C11H6F3N3O3. The van der Waals surface area contributed by atoms with E-state index < -0.39 is 46.4 Å². The van der Waals surface area contributed by atoms with Gasteiger partial charge >= 0.3 is 5.97 Å². The molecule has 0 fully saturated rings. The predicted octanol–water partition coefficient (Wildman–Crippen LogP) is 1.78. The van der Waals surface area contributed by atoms with E-state index in [0.717, 1.165) is 6.33 Å². The van der Waals surface area contributed by atoms with E-state index in [9.17, 15) is 22.8 Å². The summed E-state index contributed by atoms with van der Waals surface area (Å²) in [5.74, 6) is -6.42. The zero-order valence-corrected chi connectivity index (χ0v) is 9.58. The normalized spacial score (nSPS) is 10.3. The quantitative estimate of drug-likeness (QED) is 0.801. The number of carbonyl (C=O) groups excluding carboxylic acids is 1. The van der Waals surface area contributed by atoms with Crippen LogP contribution in [-0.4, -0.2) is 27.0 Å². The van der Waals surface area contributed by atoms with Crippen molar-refractivity contribution in [2.24, 2.45) is 0 Å². The monoisotopic (exact) mass is 285 g/mol. The Kier molecular flexibility index (Phi) is 3.42. The molecule has 1 aromatic heterocycles. The minimum absolute atomic E-state index is 0.376. The number of aromatic amines is 1. The number of carboxylic acid groups (broad SMARTS) is 1. The molecule has 0 aliphatic carbocycles. The van der Waals surface area contributed by atoms with Crippen molar-refractivity contribution in [2.75, 3.05) is 5.32 Å². The number of benzene rings is 1. The molecule has 20 heavy (non-hydrogen) atoms. The summed E-state index contributed by atoms with van der Waals surface area (Å²) < 4.78 is 39.4. The van der Waals surface area contributed by atoms with Crippen LogP contribution in [0.2, 0.25) is 0 Å². The first-order valence-electron chi connectivity index (χ1n) is 5.12. The van der Waals surface area contributed by atoms with Gasteiger partial charge in [-0.1, -0.05) is 0 Å². The number of nitrogens with zero attached hydrogens (tertiary/aromatic N) is 1. The number of H-pyrrole nitrogens is 1. The lowest BCUT2D eigenvalue weighted by molar-refractivity contribution is 0.0686. The van der Waals surface area contributed by atoms with Crippen LogP contribution in [0.1, 0.15) is 21.0 Å². The van der Waals surface area contributed by atoms with Crippen LogP contribution in [0.15, 0.2) is 18.5 Å². The number of nitrogens with one attached hydrogen (secondary N) is 2. The molecule has 1 amide bonds. The molecule has 0 aliphatic rings. The van der Waals surface area contributed by atoms with Crippen molar-refractivity contribution in [1.82, 2.24) is 9.97 Å². The van der Waals surface area contributed by atoms with Gasteiger partial charge in [0.1, 0.15) is 11.5 Å². The lowest BCUT2D eigenvalue weighted by atomic mass is 10.2. The summed E-state index contributed by atoms with van der Waals surface area (Å²) in [5, 5.41) is 10.6. The van der Waals surface area contributed by atoms with Gasteiger partial charge < -0.3 is 15.4 Å². The predicted molar refractivity (Wildman–Crippen MR) is 59.8 cm³/mol. The van der Waals surface area contributed by atoms with E-state index >= 15 is 0 Å². The topological polar surface area (TPSA) is 95.1 Å². The Morgan fingerprint density at radius 1 is 1.20 bits per heavy atom. The van der Waals surface area contributed by atoms with Gasteiger partial charge in [0.2, 0.25) is 0 Å². The molecule has 0 atom stereocenters. The van der Waals surface area contributed by atoms with Crippen LogP contribution in [-0.2, 0) is 0 Å². The first-order chi connectivity index (χ1) is 9.40. The summed E-state index contributed by atoms with van der Waals surface area (Å²) in [7, 11) is 0. The molecule has 1 heterocycles. The molecule has 6 nitrogen and oxygen atoms in total. The van der Waals surface area contributed by atoms with E-state index in [1.807, 2.05) is 0 Å². The number of rotatable bonds is 3. The number of halogens is 3. The first kappa shape index (κ1) is 13.6. The molecule has 1 aromatic carbocycles. The maximum atomic E-state index is 13.3. The van der Waals surface area contributed by atoms with Gasteiger partial charge in [-0.05, 0) is 0 Å². The molecule has 104 valence electrons. The lowest BCUT2D eigenvalue weighted by Gasteiger charge is -2.06. The molecule has 0 radical (unpaired) electrons. The van der Waals surface area contributed by atoms with Crippen molar-refractivity contribution in [2.45, 2.75) is 0 Å². The van der Waals surface area contributed by atoms with Gasteiger partial charge in [0.25, 0.3) is 5.91 Å². The zero-order chi connectivity index (χ0) is 14.9. The molecule has 0 saturated carbocycles. The summed E-state index contributed by atoms with van der Waals surface area (Å²) in [4.78, 5) is 28.1. The number of anilines is 1. The Labute approximate surface area is 109 Å². The zero-order valence-electron chi connectivity index (χ0n) is 9.58. The highest BCUT2D eigenvalue weighted by Crippen LogP contribution is 2.21. The van der Waals surface area contributed by atoms with Crippen molar-refractivity contribution in [3.63, 3.8) is 0 Å². The standard InChI is InChI=1S/C11H6F3N3O3/c12-4-1-5(13)7(6(14)2-4)17-10(18)8-9(11(19)20)16-3-15-8/h1-3H,(H,15,16)(H,17,18)(H,19,20). The molecule has 3 N–H and O–H groups in total. The Morgan fingerprint density at radius 2 is 1.80 bits per heavy atom. The van der Waals surface area contributed by atoms with E-state index in [-0.39, 0.29) is 0 Å². The van der Waals surface area contributed by atoms with E-state index in [0.29, 0.717) is 12.1 Å². The molecular weight excluding hydrogens is 279 g/mol. The number of aromatic carboxylic acids is 1. The van der Waals surface area contributed by atoms with Crippen molar-refractivity contribution >= 4 is 17.6 Å². The van der Waals surface area contributed by atoms with Gasteiger partial charge in [0.05, 0.1) is 6.33 Å². The number of hydrogen-bond acceptors (Lipinski definition) is 3. The Balaban J connectivity index is 2.33. The SMILES string of the molecule is O=C(Nc1c(F)cc(F)cc1F)c1nc[nH]c1C(=O)O. The van der Waals surface area contributed by atoms with Crippen molar-refractivity contribution in [1.29, 1.82) is 0 Å². The van der Waals surface area contributed by atoms with Crippen LogP contribution in [0.3, 0.4) is 0 Å². The fourth-order valence-corrected chi connectivity index (χ4v) is 1.46. The number of hydrogen-bond donors (Lipinski definition) is 3. The minimum Gasteiger partial charge on any atom is -0.477 e. The summed E-state index contributed by atoms with van der Waals surface area (Å²) in [6.07, 6.45) is 0.940. The minimum atomic E-state index is -1.47. The molecule has 0 aliphatic heterocycles. The second kappa shape index (κ2) is 5.03. The highest BCUT2D eigenvalue weighted by molar-refractivity contribution is 6.08.